The van der Waals surface area contributed by atoms with Gasteiger partial charge in [0.1, 0.15) is 0 Å². The van der Waals surface area contributed by atoms with E-state index in [0.29, 0.717) is 5.69 Å². The lowest BCUT2D eigenvalue weighted by Crippen LogP contribution is -2.22. The zero-order valence-corrected chi connectivity index (χ0v) is 8.43. The van der Waals surface area contributed by atoms with E-state index in [1.165, 1.54) is 24.0 Å². The van der Waals surface area contributed by atoms with E-state index >= 15 is 0 Å². The third kappa shape index (κ3) is 3.03. The maximum absolute atomic E-state index is 11.0. The number of non-ortho nitro benzene ring substituents is 1. The number of carbonyl (C=O) groups is 1. The summed E-state index contributed by atoms with van der Waals surface area (Å²) in [6.45, 7) is 1.43. The quantitative estimate of drug-likeness (QED) is 0.534. The van der Waals surface area contributed by atoms with Crippen molar-refractivity contribution in [2.24, 2.45) is 0 Å². The van der Waals surface area contributed by atoms with Crippen molar-refractivity contribution in [1.82, 2.24) is 0 Å². The van der Waals surface area contributed by atoms with Crippen LogP contribution >= 0.6 is 0 Å². The molecule has 0 fully saturated rings. The molecule has 0 atom stereocenters. The minimum absolute atomic E-state index is 0. The van der Waals surface area contributed by atoms with Crippen molar-refractivity contribution in [1.29, 1.82) is 0 Å². The number of nitrogens with zero attached hydrogens (tertiary/aromatic N) is 2. The molecule has 0 spiro atoms. The molecule has 0 aliphatic heterocycles. The van der Waals surface area contributed by atoms with Crippen LogP contribution in [0.4, 0.5) is 11.4 Å². The SMILES string of the molecule is CC(=O)N(C)c1ccc([N+](=O)[O-])cc1.O. The standard InChI is InChI=1S/C9H10N2O3.H2O/c1-7(12)10(2)8-3-5-9(6-4-8)11(13)14;/h3-6H,1-2H3;1H2. The molecule has 82 valence electrons. The first kappa shape index (κ1) is 13.1. The Morgan fingerprint density at radius 2 is 1.80 bits per heavy atom. The Labute approximate surface area is 86.6 Å². The molecule has 0 radical (unpaired) electrons. The molecule has 0 bridgehead atoms. The second kappa shape index (κ2) is 5.06. The predicted octanol–water partition coefficient (Wildman–Crippen LogP) is 0.753. The molecule has 1 rings (SSSR count). The van der Waals surface area contributed by atoms with Gasteiger partial charge in [0.05, 0.1) is 4.92 Å². The fourth-order valence-electron chi connectivity index (χ4n) is 0.980. The average Bonchev–Trinajstić information content (AvgIpc) is 2.16. The monoisotopic (exact) mass is 212 g/mol. The van der Waals surface area contributed by atoms with Crippen LogP contribution in [0.15, 0.2) is 24.3 Å². The summed E-state index contributed by atoms with van der Waals surface area (Å²) in [4.78, 5) is 22.2. The van der Waals surface area contributed by atoms with Gasteiger partial charge in [0, 0.05) is 31.8 Å². The molecule has 0 aliphatic carbocycles. The molecule has 0 aliphatic rings. The highest BCUT2D eigenvalue weighted by atomic mass is 16.6. The summed E-state index contributed by atoms with van der Waals surface area (Å²) >= 11 is 0. The zero-order valence-electron chi connectivity index (χ0n) is 8.43. The maximum atomic E-state index is 11.0. The molecule has 1 aromatic rings. The van der Waals surface area contributed by atoms with Gasteiger partial charge in [0.2, 0.25) is 5.91 Å². The van der Waals surface area contributed by atoms with E-state index in [9.17, 15) is 14.9 Å². The zero-order chi connectivity index (χ0) is 10.7. The van der Waals surface area contributed by atoms with Gasteiger partial charge in [-0.15, -0.1) is 0 Å². The number of amides is 1. The second-order valence-corrected chi connectivity index (χ2v) is 2.85. The first-order valence-electron chi connectivity index (χ1n) is 4.01. The Bertz CT molecular complexity index is 361. The molecule has 1 amide bonds. The predicted molar refractivity (Wildman–Crippen MR) is 55.8 cm³/mol. The lowest BCUT2D eigenvalue weighted by atomic mass is 10.2. The van der Waals surface area contributed by atoms with Crippen molar-refractivity contribution in [2.75, 3.05) is 11.9 Å². The number of rotatable bonds is 2. The van der Waals surface area contributed by atoms with Crippen LogP contribution in [-0.4, -0.2) is 23.4 Å². The highest BCUT2D eigenvalue weighted by Crippen LogP contribution is 2.18. The number of carbonyl (C=O) groups excluding carboxylic acids is 1. The molecule has 15 heavy (non-hydrogen) atoms. The summed E-state index contributed by atoms with van der Waals surface area (Å²) in [5.41, 5.74) is 0.661. The van der Waals surface area contributed by atoms with Gasteiger partial charge in [-0.1, -0.05) is 0 Å². The van der Waals surface area contributed by atoms with Crippen LogP contribution in [0.5, 0.6) is 0 Å². The second-order valence-electron chi connectivity index (χ2n) is 2.85. The van der Waals surface area contributed by atoms with Gasteiger partial charge in [-0.25, -0.2) is 0 Å². The topological polar surface area (TPSA) is 95.0 Å². The van der Waals surface area contributed by atoms with Crippen molar-refractivity contribution in [3.63, 3.8) is 0 Å². The molecule has 0 heterocycles. The van der Waals surface area contributed by atoms with Gasteiger partial charge >= 0.3 is 0 Å². The van der Waals surface area contributed by atoms with E-state index in [1.54, 1.807) is 19.2 Å². The highest BCUT2D eigenvalue weighted by Gasteiger charge is 2.08. The Morgan fingerprint density at radius 3 is 2.13 bits per heavy atom. The Morgan fingerprint density at radius 1 is 1.33 bits per heavy atom. The van der Waals surface area contributed by atoms with Crippen molar-refractivity contribution < 1.29 is 15.2 Å². The minimum Gasteiger partial charge on any atom is -0.412 e. The summed E-state index contributed by atoms with van der Waals surface area (Å²) in [5.74, 6) is -0.112. The fraction of sp³-hybridized carbons (Fsp3) is 0.222. The van der Waals surface area contributed by atoms with Gasteiger partial charge in [0.15, 0.2) is 0 Å². The number of nitro groups is 1. The van der Waals surface area contributed by atoms with Crippen molar-refractivity contribution in [3.8, 4) is 0 Å². The molecule has 0 saturated heterocycles. The summed E-state index contributed by atoms with van der Waals surface area (Å²) in [6.07, 6.45) is 0. The largest absolute Gasteiger partial charge is 0.412 e. The van der Waals surface area contributed by atoms with Crippen LogP contribution < -0.4 is 4.90 Å². The normalized spacial score (nSPS) is 8.93. The number of hydrogen-bond acceptors (Lipinski definition) is 3. The first-order valence-corrected chi connectivity index (χ1v) is 4.01. The van der Waals surface area contributed by atoms with E-state index in [-0.39, 0.29) is 17.1 Å². The smallest absolute Gasteiger partial charge is 0.269 e. The maximum Gasteiger partial charge on any atom is 0.269 e. The molecule has 0 aromatic heterocycles. The molecular formula is C9H12N2O4. The summed E-state index contributed by atoms with van der Waals surface area (Å²) in [6, 6.07) is 5.82. The third-order valence-electron chi connectivity index (χ3n) is 1.92. The number of nitro benzene ring substituents is 1. The summed E-state index contributed by atoms with van der Waals surface area (Å²) in [5, 5.41) is 10.3. The fourth-order valence-corrected chi connectivity index (χ4v) is 0.980. The van der Waals surface area contributed by atoms with Gasteiger partial charge in [-0.3, -0.25) is 14.9 Å². The molecule has 0 unspecified atom stereocenters. The van der Waals surface area contributed by atoms with E-state index in [2.05, 4.69) is 0 Å². The van der Waals surface area contributed by atoms with Crippen LogP contribution in [0.1, 0.15) is 6.92 Å². The summed E-state index contributed by atoms with van der Waals surface area (Å²) < 4.78 is 0. The Hall–Kier alpha value is -1.95. The lowest BCUT2D eigenvalue weighted by Gasteiger charge is -2.13. The van der Waals surface area contributed by atoms with Gasteiger partial charge in [-0.2, -0.15) is 0 Å². The van der Waals surface area contributed by atoms with Crippen LogP contribution in [0.2, 0.25) is 0 Å². The van der Waals surface area contributed by atoms with Crippen molar-refractivity contribution in [3.05, 3.63) is 34.4 Å². The number of anilines is 1. The van der Waals surface area contributed by atoms with Crippen LogP contribution in [0.25, 0.3) is 0 Å². The van der Waals surface area contributed by atoms with Crippen molar-refractivity contribution in [2.45, 2.75) is 6.92 Å². The lowest BCUT2D eigenvalue weighted by molar-refractivity contribution is -0.384. The van der Waals surface area contributed by atoms with E-state index in [1.807, 2.05) is 0 Å². The number of hydrogen-bond donors (Lipinski definition) is 0. The van der Waals surface area contributed by atoms with Gasteiger partial charge < -0.3 is 10.4 Å². The first-order chi connectivity index (χ1) is 6.52. The van der Waals surface area contributed by atoms with Crippen LogP contribution in [0.3, 0.4) is 0 Å². The number of benzene rings is 1. The van der Waals surface area contributed by atoms with Gasteiger partial charge in [0.25, 0.3) is 5.69 Å². The van der Waals surface area contributed by atoms with E-state index in [4.69, 9.17) is 0 Å². The molecule has 2 N–H and O–H groups in total. The highest BCUT2D eigenvalue weighted by molar-refractivity contribution is 5.90. The molecule has 6 nitrogen and oxygen atoms in total. The molecule has 1 aromatic carbocycles. The van der Waals surface area contributed by atoms with E-state index in [0.717, 1.165) is 0 Å². The molecule has 0 saturated carbocycles. The minimum atomic E-state index is -0.475. The third-order valence-corrected chi connectivity index (χ3v) is 1.92. The average molecular weight is 212 g/mol. The van der Waals surface area contributed by atoms with Crippen LogP contribution in [0, 0.1) is 10.1 Å². The van der Waals surface area contributed by atoms with E-state index < -0.39 is 4.92 Å². The summed E-state index contributed by atoms with van der Waals surface area (Å²) in [7, 11) is 1.61. The van der Waals surface area contributed by atoms with Crippen molar-refractivity contribution >= 4 is 17.3 Å². The Balaban J connectivity index is 0.00000196. The molecular weight excluding hydrogens is 200 g/mol. The van der Waals surface area contributed by atoms with Gasteiger partial charge in [-0.05, 0) is 12.1 Å². The molecule has 6 heteroatoms. The Kier molecular flexibility index (Phi) is 4.40. The van der Waals surface area contributed by atoms with Crippen LogP contribution in [-0.2, 0) is 4.79 Å².